The van der Waals surface area contributed by atoms with Gasteiger partial charge in [0.1, 0.15) is 6.33 Å². The van der Waals surface area contributed by atoms with E-state index in [2.05, 4.69) is 16.2 Å². The Kier molecular flexibility index (Phi) is 5.01. The molecule has 0 saturated heterocycles. The number of nitrogens with zero attached hydrogens (tertiary/aromatic N) is 6. The molecule has 26 heavy (non-hydrogen) atoms. The number of nitriles is 1. The zero-order valence-electron chi connectivity index (χ0n) is 14.1. The first-order chi connectivity index (χ1) is 12.5. The fraction of sp³-hybridized carbons (Fsp3) is 0.167. The smallest absolute Gasteiger partial charge is 0.270 e. The fourth-order valence-corrected chi connectivity index (χ4v) is 2.60. The molecule has 0 atom stereocenters. The number of benzene rings is 2. The number of hydrogen-bond acceptors (Lipinski definition) is 6. The van der Waals surface area contributed by atoms with Crippen LogP contribution in [-0.2, 0) is 13.2 Å². The number of rotatable bonds is 6. The van der Waals surface area contributed by atoms with Gasteiger partial charge in [-0.15, -0.1) is 5.10 Å². The van der Waals surface area contributed by atoms with Crippen molar-refractivity contribution in [3.63, 3.8) is 0 Å². The highest BCUT2D eigenvalue weighted by Crippen LogP contribution is 2.20. The second-order valence-corrected chi connectivity index (χ2v) is 5.88. The van der Waals surface area contributed by atoms with Gasteiger partial charge in [0.2, 0.25) is 0 Å². The highest BCUT2D eigenvalue weighted by atomic mass is 16.6. The molecule has 0 aliphatic heterocycles. The van der Waals surface area contributed by atoms with Crippen molar-refractivity contribution in [2.45, 2.75) is 13.2 Å². The van der Waals surface area contributed by atoms with E-state index >= 15 is 0 Å². The third-order valence-corrected chi connectivity index (χ3v) is 3.75. The highest BCUT2D eigenvalue weighted by Gasteiger charge is 2.11. The largest absolute Gasteiger partial charge is 0.283 e. The second kappa shape index (κ2) is 7.55. The molecule has 8 heteroatoms. The van der Waals surface area contributed by atoms with Crippen LogP contribution in [0.3, 0.4) is 0 Å². The molecule has 2 aromatic carbocycles. The van der Waals surface area contributed by atoms with E-state index in [1.165, 1.54) is 12.1 Å². The lowest BCUT2D eigenvalue weighted by Crippen LogP contribution is -2.22. The van der Waals surface area contributed by atoms with Crippen LogP contribution in [0.2, 0.25) is 0 Å². The summed E-state index contributed by atoms with van der Waals surface area (Å²) in [6, 6.07) is 15.8. The molecule has 0 spiro atoms. The van der Waals surface area contributed by atoms with E-state index in [-0.39, 0.29) is 5.69 Å². The average molecular weight is 348 g/mol. The van der Waals surface area contributed by atoms with Crippen LogP contribution < -0.4 is 0 Å². The van der Waals surface area contributed by atoms with E-state index in [9.17, 15) is 10.1 Å². The van der Waals surface area contributed by atoms with Crippen molar-refractivity contribution in [2.75, 3.05) is 7.05 Å². The van der Waals surface area contributed by atoms with Gasteiger partial charge in [-0.05, 0) is 24.7 Å². The molecule has 3 aromatic rings. The molecule has 3 rings (SSSR count). The predicted molar refractivity (Wildman–Crippen MR) is 94.7 cm³/mol. The molecule has 0 aliphatic rings. The van der Waals surface area contributed by atoms with E-state index in [4.69, 9.17) is 5.26 Å². The molecule has 0 unspecified atom stereocenters. The van der Waals surface area contributed by atoms with Crippen LogP contribution in [0.4, 0.5) is 5.69 Å². The Morgan fingerprint density at radius 1 is 1.27 bits per heavy atom. The Morgan fingerprint density at radius 3 is 2.85 bits per heavy atom. The Bertz CT molecular complexity index is 976. The zero-order valence-corrected chi connectivity index (χ0v) is 14.1. The molecule has 0 fully saturated rings. The number of hydrogen-bond donors (Lipinski definition) is 0. The van der Waals surface area contributed by atoms with E-state index in [1.807, 2.05) is 30.1 Å². The first kappa shape index (κ1) is 17.3. The lowest BCUT2D eigenvalue weighted by atomic mass is 10.1. The molecular weight excluding hydrogens is 332 g/mol. The van der Waals surface area contributed by atoms with Gasteiger partial charge in [-0.25, -0.2) is 9.67 Å². The Labute approximate surface area is 150 Å². The summed E-state index contributed by atoms with van der Waals surface area (Å²) in [6.45, 7) is 1.15. The molecule has 0 saturated carbocycles. The molecule has 130 valence electrons. The number of aromatic nitrogens is 3. The summed E-state index contributed by atoms with van der Waals surface area (Å²) >= 11 is 0. The summed E-state index contributed by atoms with van der Waals surface area (Å²) < 4.78 is 1.67. The lowest BCUT2D eigenvalue weighted by molar-refractivity contribution is -0.384. The third-order valence-electron chi connectivity index (χ3n) is 3.75. The molecule has 8 nitrogen and oxygen atoms in total. The maximum Gasteiger partial charge on any atom is 0.270 e. The molecule has 0 amide bonds. The summed E-state index contributed by atoms with van der Waals surface area (Å²) in [5.41, 5.74) is 2.27. The monoisotopic (exact) mass is 348 g/mol. The number of non-ortho nitro benzene ring substituents is 1. The van der Waals surface area contributed by atoms with Gasteiger partial charge in [-0.1, -0.05) is 24.3 Å². The van der Waals surface area contributed by atoms with Gasteiger partial charge in [0.15, 0.2) is 5.82 Å². The van der Waals surface area contributed by atoms with Crippen molar-refractivity contribution in [1.82, 2.24) is 19.7 Å². The Hall–Kier alpha value is -3.57. The Balaban J connectivity index is 1.69. The highest BCUT2D eigenvalue weighted by molar-refractivity contribution is 5.58. The summed E-state index contributed by atoms with van der Waals surface area (Å²) in [5, 5.41) is 24.2. The minimum absolute atomic E-state index is 0.00772. The SMILES string of the molecule is CN(Cc1cccc(C#N)c1)Cn1cnc(-c2cccc([N+](=O)[O-])c2)n1. The number of nitro benzene ring substituents is 1. The van der Waals surface area contributed by atoms with Crippen LogP contribution in [0.1, 0.15) is 11.1 Å². The molecule has 0 N–H and O–H groups in total. The van der Waals surface area contributed by atoms with Crippen LogP contribution >= 0.6 is 0 Å². The molecule has 0 bridgehead atoms. The minimum Gasteiger partial charge on any atom is -0.283 e. The van der Waals surface area contributed by atoms with Gasteiger partial charge in [0, 0.05) is 24.2 Å². The van der Waals surface area contributed by atoms with Gasteiger partial charge >= 0.3 is 0 Å². The summed E-state index contributed by atoms with van der Waals surface area (Å²) in [4.78, 5) is 16.7. The third kappa shape index (κ3) is 4.09. The second-order valence-electron chi connectivity index (χ2n) is 5.88. The first-order valence-electron chi connectivity index (χ1n) is 7.87. The van der Waals surface area contributed by atoms with Gasteiger partial charge in [0.25, 0.3) is 5.69 Å². The Morgan fingerprint density at radius 2 is 2.08 bits per heavy atom. The molecular formula is C18H16N6O2. The molecule has 1 heterocycles. The van der Waals surface area contributed by atoms with E-state index in [0.29, 0.717) is 30.2 Å². The summed E-state index contributed by atoms with van der Waals surface area (Å²) in [5.74, 6) is 0.438. The van der Waals surface area contributed by atoms with Crippen molar-refractivity contribution in [3.8, 4) is 17.5 Å². The van der Waals surface area contributed by atoms with Crippen molar-refractivity contribution in [3.05, 3.63) is 76.1 Å². The normalized spacial score (nSPS) is 10.7. The quantitative estimate of drug-likeness (QED) is 0.501. The van der Waals surface area contributed by atoms with Crippen LogP contribution in [0.25, 0.3) is 11.4 Å². The molecule has 1 aromatic heterocycles. The average Bonchev–Trinajstić information content (AvgIpc) is 3.10. The van der Waals surface area contributed by atoms with Gasteiger partial charge in [-0.2, -0.15) is 5.26 Å². The van der Waals surface area contributed by atoms with Crippen molar-refractivity contribution in [2.24, 2.45) is 0 Å². The zero-order chi connectivity index (χ0) is 18.5. The first-order valence-corrected chi connectivity index (χ1v) is 7.87. The van der Waals surface area contributed by atoms with E-state index in [0.717, 1.165) is 5.56 Å². The summed E-state index contributed by atoms with van der Waals surface area (Å²) in [7, 11) is 1.94. The van der Waals surface area contributed by atoms with Crippen LogP contribution in [-0.4, -0.2) is 31.6 Å². The van der Waals surface area contributed by atoms with Crippen LogP contribution in [0.15, 0.2) is 54.9 Å². The topological polar surface area (TPSA) is 101 Å². The summed E-state index contributed by atoms with van der Waals surface area (Å²) in [6.07, 6.45) is 1.59. The standard InChI is InChI=1S/C18H16N6O2/c1-22(11-15-5-2-4-14(8-15)10-19)13-23-12-20-18(21-23)16-6-3-7-17(9-16)24(25)26/h2-9,12H,11,13H2,1H3. The van der Waals surface area contributed by atoms with Gasteiger partial charge in [-0.3, -0.25) is 15.0 Å². The number of nitro groups is 1. The maximum atomic E-state index is 10.9. The van der Waals surface area contributed by atoms with Crippen LogP contribution in [0, 0.1) is 21.4 Å². The fourth-order valence-electron chi connectivity index (χ4n) is 2.60. The van der Waals surface area contributed by atoms with Crippen LogP contribution in [0.5, 0.6) is 0 Å². The lowest BCUT2D eigenvalue weighted by Gasteiger charge is -2.16. The van der Waals surface area contributed by atoms with E-state index < -0.39 is 4.92 Å². The predicted octanol–water partition coefficient (Wildman–Crippen LogP) is 2.81. The minimum atomic E-state index is -0.441. The maximum absolute atomic E-state index is 10.9. The van der Waals surface area contributed by atoms with Crippen molar-refractivity contribution in [1.29, 1.82) is 5.26 Å². The van der Waals surface area contributed by atoms with Crippen molar-refractivity contribution >= 4 is 5.69 Å². The van der Waals surface area contributed by atoms with Gasteiger partial charge < -0.3 is 0 Å². The van der Waals surface area contributed by atoms with E-state index in [1.54, 1.807) is 29.2 Å². The molecule has 0 radical (unpaired) electrons. The van der Waals surface area contributed by atoms with Gasteiger partial charge in [0.05, 0.1) is 23.2 Å². The van der Waals surface area contributed by atoms with Crippen molar-refractivity contribution < 1.29 is 4.92 Å². The molecule has 0 aliphatic carbocycles.